The number of nitro groups is 1. The number of rotatable bonds is 6. The first kappa shape index (κ1) is 21.5. The monoisotopic (exact) mass is 466 g/mol. The molecule has 0 radical (unpaired) electrons. The van der Waals surface area contributed by atoms with Gasteiger partial charge in [-0.15, -0.1) is 0 Å². The number of aliphatic carboxylic acids is 1. The van der Waals surface area contributed by atoms with Crippen molar-refractivity contribution in [3.63, 3.8) is 0 Å². The summed E-state index contributed by atoms with van der Waals surface area (Å²) in [6.07, 6.45) is 1.50. The van der Waals surface area contributed by atoms with Gasteiger partial charge in [-0.1, -0.05) is 54.3 Å². The van der Waals surface area contributed by atoms with Crippen LogP contribution in [0.3, 0.4) is 0 Å². The zero-order valence-electron chi connectivity index (χ0n) is 16.2. The Bertz CT molecular complexity index is 1250. The lowest BCUT2D eigenvalue weighted by Gasteiger charge is -2.23. The number of hydrogen-bond donors (Lipinski definition) is 1. The molecule has 0 saturated carbocycles. The first-order valence-corrected chi connectivity index (χ1v) is 10.5. The second-order valence-corrected chi connectivity index (χ2v) is 8.38. The number of non-ortho nitro benzene ring substituents is 1. The van der Waals surface area contributed by atoms with Crippen LogP contribution >= 0.6 is 24.0 Å². The highest BCUT2D eigenvalue weighted by atomic mass is 32.2. The molecule has 8 nitrogen and oxygen atoms in total. The molecule has 2 heterocycles. The Morgan fingerprint density at radius 3 is 2.44 bits per heavy atom. The average molecular weight is 466 g/mol. The Balaban J connectivity index is 1.59. The van der Waals surface area contributed by atoms with Crippen molar-refractivity contribution < 1.29 is 24.0 Å². The number of nitro benzene ring substituents is 1. The minimum atomic E-state index is -1.23. The van der Waals surface area contributed by atoms with E-state index in [9.17, 15) is 24.8 Å². The van der Waals surface area contributed by atoms with Gasteiger partial charge in [-0.05, 0) is 29.8 Å². The third-order valence-corrected chi connectivity index (χ3v) is 6.02. The highest BCUT2D eigenvalue weighted by Gasteiger charge is 2.41. The summed E-state index contributed by atoms with van der Waals surface area (Å²) in [6, 6.07) is 16.4. The molecule has 2 aromatic carbocycles. The smallest absolute Gasteiger partial charge is 0.331 e. The van der Waals surface area contributed by atoms with Crippen molar-refractivity contribution in [2.75, 3.05) is 0 Å². The van der Waals surface area contributed by atoms with Gasteiger partial charge in [0.15, 0.2) is 6.04 Å². The van der Waals surface area contributed by atoms with Gasteiger partial charge in [-0.25, -0.2) is 4.79 Å². The fraction of sp³-hybridized carbons (Fsp3) is 0.0455. The number of benzene rings is 2. The van der Waals surface area contributed by atoms with Crippen LogP contribution in [0, 0.1) is 10.1 Å². The van der Waals surface area contributed by atoms with Crippen molar-refractivity contribution >= 4 is 51.9 Å². The maximum absolute atomic E-state index is 13.0. The molecule has 160 valence electrons. The number of carboxylic acid groups (broad SMARTS) is 1. The van der Waals surface area contributed by atoms with Gasteiger partial charge in [-0.3, -0.25) is 19.8 Å². The molecule has 1 N–H and O–H groups in total. The van der Waals surface area contributed by atoms with Gasteiger partial charge in [-0.2, -0.15) is 0 Å². The molecule has 0 spiro atoms. The summed E-state index contributed by atoms with van der Waals surface area (Å²) in [5, 5.41) is 20.5. The fourth-order valence-electron chi connectivity index (χ4n) is 3.20. The number of carbonyl (C=O) groups excluding carboxylic acids is 1. The Morgan fingerprint density at radius 2 is 1.81 bits per heavy atom. The summed E-state index contributed by atoms with van der Waals surface area (Å²) >= 11 is 6.30. The van der Waals surface area contributed by atoms with Crippen LogP contribution in [0.15, 0.2) is 76.1 Å². The van der Waals surface area contributed by atoms with E-state index in [2.05, 4.69) is 0 Å². The fourth-order valence-corrected chi connectivity index (χ4v) is 4.50. The summed E-state index contributed by atoms with van der Waals surface area (Å²) in [5.74, 6) is -0.878. The molecule has 1 amide bonds. The maximum Gasteiger partial charge on any atom is 0.331 e. The summed E-state index contributed by atoms with van der Waals surface area (Å²) in [4.78, 5) is 36.6. The largest absolute Gasteiger partial charge is 0.479 e. The lowest BCUT2D eigenvalue weighted by molar-refractivity contribution is -0.384. The molecule has 1 aliphatic heterocycles. The predicted molar refractivity (Wildman–Crippen MR) is 123 cm³/mol. The molecule has 3 aromatic rings. The SMILES string of the molecule is O=C(O)[C@@H](c1ccccc1)N1C(=O)/C(=C\c2ccc(-c3ccc([N+](=O)[O-])cc3)o2)SC1=S. The van der Waals surface area contributed by atoms with E-state index in [1.165, 1.54) is 18.2 Å². The van der Waals surface area contributed by atoms with Gasteiger partial charge in [0.1, 0.15) is 15.8 Å². The van der Waals surface area contributed by atoms with Gasteiger partial charge >= 0.3 is 5.97 Å². The molecule has 1 fully saturated rings. The molecule has 32 heavy (non-hydrogen) atoms. The summed E-state index contributed by atoms with van der Waals surface area (Å²) in [5.41, 5.74) is 1.05. The van der Waals surface area contributed by atoms with Crippen molar-refractivity contribution in [1.29, 1.82) is 0 Å². The van der Waals surface area contributed by atoms with Crippen molar-refractivity contribution in [1.82, 2.24) is 4.90 Å². The second-order valence-electron chi connectivity index (χ2n) is 6.71. The molecule has 1 saturated heterocycles. The molecule has 1 aromatic heterocycles. The van der Waals surface area contributed by atoms with E-state index in [1.807, 2.05) is 0 Å². The van der Waals surface area contributed by atoms with E-state index < -0.39 is 22.8 Å². The lowest BCUT2D eigenvalue weighted by Crippen LogP contribution is -2.37. The molecule has 1 aliphatic rings. The van der Waals surface area contributed by atoms with Gasteiger partial charge < -0.3 is 9.52 Å². The van der Waals surface area contributed by atoms with E-state index in [-0.39, 0.29) is 14.9 Å². The van der Waals surface area contributed by atoms with Crippen LogP contribution in [0.2, 0.25) is 0 Å². The number of nitrogens with zero attached hydrogens (tertiary/aromatic N) is 2. The number of amides is 1. The third-order valence-electron chi connectivity index (χ3n) is 4.69. The van der Waals surface area contributed by atoms with E-state index in [0.29, 0.717) is 22.6 Å². The summed E-state index contributed by atoms with van der Waals surface area (Å²) < 4.78 is 5.89. The Hall–Kier alpha value is -3.76. The molecular weight excluding hydrogens is 452 g/mol. The molecule has 4 rings (SSSR count). The Labute approximate surface area is 191 Å². The molecular formula is C22H14N2O6S2. The van der Waals surface area contributed by atoms with Crippen LogP contribution < -0.4 is 0 Å². The van der Waals surface area contributed by atoms with Gasteiger partial charge in [0.05, 0.1) is 9.83 Å². The van der Waals surface area contributed by atoms with Crippen LogP contribution in [-0.4, -0.2) is 31.1 Å². The zero-order chi connectivity index (χ0) is 22.8. The van der Waals surface area contributed by atoms with E-state index in [0.717, 1.165) is 16.7 Å². The minimum Gasteiger partial charge on any atom is -0.479 e. The van der Waals surface area contributed by atoms with Crippen LogP contribution in [0.4, 0.5) is 5.69 Å². The standard InChI is InChI=1S/C22H14N2O6S2/c25-20-18(32-22(31)23(20)19(21(26)27)14-4-2-1-3-5-14)12-16-10-11-17(30-16)13-6-8-15(9-7-13)24(28)29/h1-12,19H,(H,26,27)/b18-12+/t19-/m1/s1. The number of furan rings is 1. The van der Waals surface area contributed by atoms with E-state index in [1.54, 1.807) is 54.6 Å². The predicted octanol–water partition coefficient (Wildman–Crippen LogP) is 4.88. The average Bonchev–Trinajstić information content (AvgIpc) is 3.35. The van der Waals surface area contributed by atoms with Crippen molar-refractivity contribution in [3.05, 3.63) is 93.1 Å². The highest BCUT2D eigenvalue weighted by Crippen LogP contribution is 2.39. The van der Waals surface area contributed by atoms with Crippen LogP contribution in [-0.2, 0) is 9.59 Å². The molecule has 0 bridgehead atoms. The van der Waals surface area contributed by atoms with Gasteiger partial charge in [0.2, 0.25) is 0 Å². The maximum atomic E-state index is 13.0. The zero-order valence-corrected chi connectivity index (χ0v) is 17.8. The van der Waals surface area contributed by atoms with Crippen LogP contribution in [0.1, 0.15) is 17.4 Å². The van der Waals surface area contributed by atoms with Crippen LogP contribution in [0.5, 0.6) is 0 Å². The van der Waals surface area contributed by atoms with Crippen molar-refractivity contribution in [2.24, 2.45) is 0 Å². The van der Waals surface area contributed by atoms with Crippen molar-refractivity contribution in [3.8, 4) is 11.3 Å². The lowest BCUT2D eigenvalue weighted by atomic mass is 10.1. The topological polar surface area (TPSA) is 114 Å². The van der Waals surface area contributed by atoms with Gasteiger partial charge in [0.25, 0.3) is 11.6 Å². The third kappa shape index (κ3) is 4.18. The Morgan fingerprint density at radius 1 is 1.12 bits per heavy atom. The number of hydrogen-bond acceptors (Lipinski definition) is 7. The number of thiocarbonyl (C=S) groups is 1. The van der Waals surface area contributed by atoms with Gasteiger partial charge in [0, 0.05) is 23.8 Å². The van der Waals surface area contributed by atoms with Crippen LogP contribution in [0.25, 0.3) is 17.4 Å². The van der Waals surface area contributed by atoms with E-state index >= 15 is 0 Å². The molecule has 1 atom stereocenters. The first-order chi connectivity index (χ1) is 15.3. The second kappa shape index (κ2) is 8.77. The first-order valence-electron chi connectivity index (χ1n) is 9.24. The number of thioether (sulfide) groups is 1. The normalized spacial score (nSPS) is 15.9. The molecule has 0 aliphatic carbocycles. The summed E-state index contributed by atoms with van der Waals surface area (Å²) in [6.45, 7) is 0. The summed E-state index contributed by atoms with van der Waals surface area (Å²) in [7, 11) is 0. The minimum absolute atomic E-state index is 0.0318. The number of carbonyl (C=O) groups is 2. The quantitative estimate of drug-likeness (QED) is 0.237. The Kier molecular flexibility index (Phi) is 5.89. The number of carboxylic acids is 1. The highest BCUT2D eigenvalue weighted by molar-refractivity contribution is 8.26. The van der Waals surface area contributed by atoms with Crippen molar-refractivity contribution in [2.45, 2.75) is 6.04 Å². The molecule has 0 unspecified atom stereocenters. The van der Waals surface area contributed by atoms with E-state index in [4.69, 9.17) is 16.6 Å². The molecule has 10 heteroatoms.